The number of methoxy groups -OCH3 is 2. The quantitative estimate of drug-likeness (QED) is 0.286. The Kier molecular flexibility index (Phi) is 11.5. The zero-order valence-electron chi connectivity index (χ0n) is 27.3. The zero-order chi connectivity index (χ0) is 33.4. The second kappa shape index (κ2) is 15.5. The molecule has 0 unspecified atom stereocenters. The van der Waals surface area contributed by atoms with Crippen LogP contribution >= 0.6 is 0 Å². The van der Waals surface area contributed by atoms with Crippen molar-refractivity contribution in [3.63, 3.8) is 0 Å². The predicted octanol–water partition coefficient (Wildman–Crippen LogP) is 3.70. The van der Waals surface area contributed by atoms with Gasteiger partial charge < -0.3 is 39.9 Å². The molecule has 0 saturated carbocycles. The summed E-state index contributed by atoms with van der Waals surface area (Å²) in [5, 5.41) is 5.31. The first-order valence-electron chi connectivity index (χ1n) is 15.6. The van der Waals surface area contributed by atoms with Gasteiger partial charge in [0.2, 0.25) is 11.8 Å². The Bertz CT molecular complexity index is 1390. The Hall–Kier alpha value is -4.80. The van der Waals surface area contributed by atoms with Crippen LogP contribution in [0.25, 0.3) is 12.2 Å². The van der Waals surface area contributed by atoms with Crippen molar-refractivity contribution in [3.8, 4) is 0 Å². The van der Waals surface area contributed by atoms with Gasteiger partial charge >= 0.3 is 12.2 Å². The number of aromatic amines is 2. The Morgan fingerprint density at radius 2 is 1.17 bits per heavy atom. The van der Waals surface area contributed by atoms with Gasteiger partial charge in [0.15, 0.2) is 0 Å². The van der Waals surface area contributed by atoms with Gasteiger partial charge in [-0.05, 0) is 37.5 Å². The van der Waals surface area contributed by atoms with Crippen molar-refractivity contribution >= 4 is 36.2 Å². The highest BCUT2D eigenvalue weighted by molar-refractivity contribution is 5.87. The lowest BCUT2D eigenvalue weighted by Crippen LogP contribution is -2.51. The normalized spacial score (nSPS) is 18.9. The fraction of sp³-hybridized carbons (Fsp3) is 0.562. The van der Waals surface area contributed by atoms with Gasteiger partial charge in [-0.3, -0.25) is 9.59 Å². The van der Waals surface area contributed by atoms with E-state index < -0.39 is 24.3 Å². The van der Waals surface area contributed by atoms with Crippen LogP contribution in [0.1, 0.15) is 88.5 Å². The first-order valence-corrected chi connectivity index (χ1v) is 15.6. The molecule has 14 nitrogen and oxygen atoms in total. The molecule has 0 bridgehead atoms. The fourth-order valence-corrected chi connectivity index (χ4v) is 5.81. The Morgan fingerprint density at radius 1 is 0.783 bits per heavy atom. The monoisotopic (exact) mass is 636 g/mol. The molecule has 0 aromatic carbocycles. The number of imidazole rings is 2. The Balaban J connectivity index is 1.42. The third kappa shape index (κ3) is 8.07. The highest BCUT2D eigenvalue weighted by Gasteiger charge is 2.38. The number of nitrogens with one attached hydrogen (secondary N) is 4. The number of likely N-dealkylation sites (tertiary alicyclic amines) is 2. The van der Waals surface area contributed by atoms with E-state index in [1.807, 2.05) is 27.7 Å². The van der Waals surface area contributed by atoms with E-state index in [4.69, 9.17) is 9.47 Å². The number of ether oxygens (including phenoxy) is 2. The van der Waals surface area contributed by atoms with Crippen LogP contribution in [-0.2, 0) is 19.1 Å². The SMILES string of the molecule is COC(=O)N[C@@H](C(=O)N1CCC[C@@H]1c1ncc(C=C=C=Cc2cnc([C@H]3CCCN3C(=O)[C@H](NC(=O)OC)C(C)C)[nH]2)[nH]1)C(C)C. The topological polar surface area (TPSA) is 175 Å². The second-order valence-corrected chi connectivity index (χ2v) is 12.1. The minimum Gasteiger partial charge on any atom is -0.453 e. The van der Waals surface area contributed by atoms with E-state index in [2.05, 4.69) is 42.0 Å². The largest absolute Gasteiger partial charge is 0.453 e. The van der Waals surface area contributed by atoms with Crippen molar-refractivity contribution in [2.45, 2.75) is 77.5 Å². The summed E-state index contributed by atoms with van der Waals surface area (Å²) in [6, 6.07) is -1.85. The van der Waals surface area contributed by atoms with Crippen LogP contribution in [0.5, 0.6) is 0 Å². The first-order chi connectivity index (χ1) is 22.0. The molecule has 4 amide bonds. The number of amides is 4. The van der Waals surface area contributed by atoms with Crippen LogP contribution in [0.4, 0.5) is 9.59 Å². The maximum Gasteiger partial charge on any atom is 0.407 e. The van der Waals surface area contributed by atoms with Crippen molar-refractivity contribution in [1.29, 1.82) is 0 Å². The Morgan fingerprint density at radius 3 is 1.52 bits per heavy atom. The second-order valence-electron chi connectivity index (χ2n) is 12.1. The van der Waals surface area contributed by atoms with Crippen LogP contribution in [0, 0.1) is 11.8 Å². The van der Waals surface area contributed by atoms with Gasteiger partial charge in [0.25, 0.3) is 0 Å². The van der Waals surface area contributed by atoms with Crippen LogP contribution in [0.2, 0.25) is 0 Å². The molecule has 2 aromatic rings. The number of rotatable bonds is 10. The lowest BCUT2D eigenvalue weighted by Gasteiger charge is -2.29. The Labute approximate surface area is 268 Å². The summed E-state index contributed by atoms with van der Waals surface area (Å²) in [4.78, 5) is 69.4. The highest BCUT2D eigenvalue weighted by Crippen LogP contribution is 2.32. The van der Waals surface area contributed by atoms with Crippen molar-refractivity contribution in [1.82, 2.24) is 40.4 Å². The highest BCUT2D eigenvalue weighted by atomic mass is 16.5. The van der Waals surface area contributed by atoms with Gasteiger partial charge in [-0.2, -0.15) is 0 Å². The van der Waals surface area contributed by atoms with Crippen LogP contribution < -0.4 is 10.6 Å². The molecule has 0 spiro atoms. The molecule has 4 N–H and O–H groups in total. The van der Waals surface area contributed by atoms with Gasteiger partial charge in [0, 0.05) is 25.2 Å². The van der Waals surface area contributed by atoms with Gasteiger partial charge in [0.05, 0.1) is 50.1 Å². The number of alkyl carbamates (subject to hydrolysis) is 2. The fourth-order valence-electron chi connectivity index (χ4n) is 5.81. The summed E-state index contributed by atoms with van der Waals surface area (Å²) in [5.74, 6) is 0.773. The summed E-state index contributed by atoms with van der Waals surface area (Å²) < 4.78 is 9.41. The van der Waals surface area contributed by atoms with E-state index in [0.29, 0.717) is 36.1 Å². The number of hydrogen-bond acceptors (Lipinski definition) is 8. The van der Waals surface area contributed by atoms with E-state index in [-0.39, 0.29) is 35.7 Å². The number of H-pyrrole nitrogens is 2. The molecule has 248 valence electrons. The molecule has 4 rings (SSSR count). The average molecular weight is 637 g/mol. The molecular weight excluding hydrogens is 592 g/mol. The number of nitrogens with zero attached hydrogens (tertiary/aromatic N) is 4. The van der Waals surface area contributed by atoms with Crippen LogP contribution in [0.3, 0.4) is 0 Å². The summed E-state index contributed by atoms with van der Waals surface area (Å²) in [6.07, 6.45) is 8.66. The molecule has 14 heteroatoms. The standard InChI is InChI=1S/C32H44N8O6/c1-19(2)25(37-31(43)45-5)29(41)39-15-9-13-23(39)27-33-17-21(35-27)11-7-8-12-22-18-34-28(36-22)24-14-10-16-40(24)30(42)26(20(3)4)38-32(44)46-6/h11-12,17-20,23-26H,9-10,13-16H2,1-6H3,(H,33,35)(H,34,36)(H,37,43)(H,38,44)/t23-,24-,25-,26-/m1/s1. The molecule has 2 saturated heterocycles. The molecule has 46 heavy (non-hydrogen) atoms. The van der Waals surface area contributed by atoms with Crippen molar-refractivity contribution in [3.05, 3.63) is 46.9 Å². The molecule has 2 fully saturated rings. The van der Waals surface area contributed by atoms with E-state index in [9.17, 15) is 19.2 Å². The summed E-state index contributed by atoms with van der Waals surface area (Å²) in [5.41, 5.74) is 7.40. The molecule has 0 aliphatic carbocycles. The lowest BCUT2D eigenvalue weighted by atomic mass is 10.0. The van der Waals surface area contributed by atoms with E-state index >= 15 is 0 Å². The van der Waals surface area contributed by atoms with E-state index in [1.54, 1.807) is 34.3 Å². The number of carbonyl (C=O) groups excluding carboxylic acids is 4. The van der Waals surface area contributed by atoms with Gasteiger partial charge in [-0.15, -0.1) is 0 Å². The molecule has 2 aromatic heterocycles. The van der Waals surface area contributed by atoms with Gasteiger partial charge in [-0.25, -0.2) is 19.6 Å². The molecule has 4 atom stereocenters. The summed E-state index contributed by atoms with van der Waals surface area (Å²) in [7, 11) is 2.55. The molecule has 4 heterocycles. The summed E-state index contributed by atoms with van der Waals surface area (Å²) in [6.45, 7) is 8.66. The molecule has 2 aliphatic heterocycles. The first kappa shape index (κ1) is 34.1. The number of carbonyl (C=O) groups is 4. The van der Waals surface area contributed by atoms with Crippen LogP contribution in [0.15, 0.2) is 23.9 Å². The predicted molar refractivity (Wildman–Crippen MR) is 169 cm³/mol. The maximum atomic E-state index is 13.4. The van der Waals surface area contributed by atoms with Crippen molar-refractivity contribution in [2.75, 3.05) is 27.3 Å². The minimum atomic E-state index is -0.698. The zero-order valence-corrected chi connectivity index (χ0v) is 27.3. The van der Waals surface area contributed by atoms with Crippen molar-refractivity contribution < 1.29 is 28.7 Å². The van der Waals surface area contributed by atoms with Crippen molar-refractivity contribution in [2.24, 2.45) is 11.8 Å². The molecule has 2 aliphatic rings. The van der Waals surface area contributed by atoms with Crippen LogP contribution in [-0.4, -0.2) is 93.1 Å². The third-order valence-electron chi connectivity index (χ3n) is 8.25. The smallest absolute Gasteiger partial charge is 0.407 e. The molecule has 0 radical (unpaired) electrons. The number of aromatic nitrogens is 4. The van der Waals surface area contributed by atoms with Gasteiger partial charge in [-0.1, -0.05) is 39.2 Å². The van der Waals surface area contributed by atoms with E-state index in [0.717, 1.165) is 25.7 Å². The van der Waals surface area contributed by atoms with E-state index in [1.165, 1.54) is 14.2 Å². The number of hydrogen-bond donors (Lipinski definition) is 4. The lowest BCUT2D eigenvalue weighted by molar-refractivity contribution is -0.136. The average Bonchev–Trinajstić information content (AvgIpc) is 3.86. The third-order valence-corrected chi connectivity index (χ3v) is 8.25. The molecular formula is C32H44N8O6. The maximum absolute atomic E-state index is 13.4. The van der Waals surface area contributed by atoms with Gasteiger partial charge in [0.1, 0.15) is 23.7 Å². The summed E-state index contributed by atoms with van der Waals surface area (Å²) >= 11 is 0. The minimum absolute atomic E-state index is 0.113.